The highest BCUT2D eigenvalue weighted by atomic mass is 35.5. The quantitative estimate of drug-likeness (QED) is 0.251. The van der Waals surface area contributed by atoms with Gasteiger partial charge in [-0.25, -0.2) is 4.68 Å². The van der Waals surface area contributed by atoms with E-state index >= 15 is 0 Å². The van der Waals surface area contributed by atoms with Crippen molar-refractivity contribution in [2.24, 2.45) is 0 Å². The maximum Gasteiger partial charge on any atom is 0.416 e. The van der Waals surface area contributed by atoms with Gasteiger partial charge in [0.2, 0.25) is 5.91 Å². The number of rotatable bonds is 7. The van der Waals surface area contributed by atoms with Crippen LogP contribution in [0.4, 0.5) is 19.0 Å². The van der Waals surface area contributed by atoms with E-state index in [1.54, 1.807) is 38.1 Å². The number of nitrogens with zero attached hydrogens (tertiary/aromatic N) is 3. The average Bonchev–Trinajstić information content (AvgIpc) is 3.32. The Labute approximate surface area is 233 Å². The monoisotopic (exact) mass is 574 g/mol. The molecule has 0 bridgehead atoms. The van der Waals surface area contributed by atoms with Crippen LogP contribution < -0.4 is 5.32 Å². The first kappa shape index (κ1) is 28.2. The number of halogens is 5. The Balaban J connectivity index is 1.60. The highest BCUT2D eigenvalue weighted by molar-refractivity contribution is 6.42. The van der Waals surface area contributed by atoms with Gasteiger partial charge in [-0.05, 0) is 56.3 Å². The Kier molecular flexibility index (Phi) is 8.32. The lowest BCUT2D eigenvalue weighted by Crippen LogP contribution is -2.42. The van der Waals surface area contributed by atoms with E-state index in [0.29, 0.717) is 27.2 Å². The minimum Gasteiger partial charge on any atom is -0.327 e. The summed E-state index contributed by atoms with van der Waals surface area (Å²) in [6, 6.07) is 19.4. The van der Waals surface area contributed by atoms with E-state index in [1.807, 2.05) is 30.3 Å². The van der Waals surface area contributed by atoms with Crippen LogP contribution in [0.3, 0.4) is 0 Å². The topological polar surface area (TPSA) is 67.2 Å². The molecule has 3 aromatic carbocycles. The zero-order valence-electron chi connectivity index (χ0n) is 20.8. The van der Waals surface area contributed by atoms with Gasteiger partial charge in [0.1, 0.15) is 12.4 Å². The van der Waals surface area contributed by atoms with Gasteiger partial charge in [0.15, 0.2) is 0 Å². The summed E-state index contributed by atoms with van der Waals surface area (Å²) < 4.78 is 40.3. The highest BCUT2D eigenvalue weighted by Crippen LogP contribution is 2.30. The summed E-state index contributed by atoms with van der Waals surface area (Å²) in [6.45, 7) is 3.08. The molecule has 39 heavy (non-hydrogen) atoms. The summed E-state index contributed by atoms with van der Waals surface area (Å²) in [5, 5.41) is 8.08. The molecule has 1 heterocycles. The summed E-state index contributed by atoms with van der Waals surface area (Å²) >= 11 is 12.3. The molecule has 4 rings (SSSR count). The van der Waals surface area contributed by atoms with Gasteiger partial charge in [0.05, 0.1) is 27.0 Å². The number of carbonyl (C=O) groups is 2. The molecule has 2 amide bonds. The second-order valence-corrected chi connectivity index (χ2v) is 9.76. The lowest BCUT2D eigenvalue weighted by Gasteiger charge is -2.26. The van der Waals surface area contributed by atoms with Crippen LogP contribution in [0.1, 0.15) is 29.8 Å². The normalized spacial score (nSPS) is 11.5. The molecule has 4 aromatic rings. The van der Waals surface area contributed by atoms with Gasteiger partial charge in [-0.15, -0.1) is 0 Å². The first-order valence-corrected chi connectivity index (χ1v) is 12.6. The molecular formula is C28H23Cl2F3N4O2. The van der Waals surface area contributed by atoms with Gasteiger partial charge in [-0.3, -0.25) is 9.59 Å². The fourth-order valence-electron chi connectivity index (χ4n) is 3.83. The summed E-state index contributed by atoms with van der Waals surface area (Å²) in [6.07, 6.45) is -4.52. The fourth-order valence-corrected chi connectivity index (χ4v) is 4.12. The molecule has 6 nitrogen and oxygen atoms in total. The van der Waals surface area contributed by atoms with Gasteiger partial charge in [-0.2, -0.15) is 18.3 Å². The van der Waals surface area contributed by atoms with Crippen LogP contribution in [0.15, 0.2) is 78.9 Å². The molecule has 11 heteroatoms. The van der Waals surface area contributed by atoms with Crippen LogP contribution in [0.5, 0.6) is 0 Å². The lowest BCUT2D eigenvalue weighted by atomic mass is 10.1. The van der Waals surface area contributed by atoms with Crippen LogP contribution in [0.2, 0.25) is 10.0 Å². The first-order chi connectivity index (χ1) is 18.4. The summed E-state index contributed by atoms with van der Waals surface area (Å²) in [5.74, 6) is -0.774. The molecule has 0 atom stereocenters. The van der Waals surface area contributed by atoms with Crippen molar-refractivity contribution in [1.82, 2.24) is 14.7 Å². The van der Waals surface area contributed by atoms with Crippen molar-refractivity contribution in [2.45, 2.75) is 26.1 Å². The number of amides is 2. The van der Waals surface area contributed by atoms with E-state index in [9.17, 15) is 22.8 Å². The first-order valence-electron chi connectivity index (χ1n) is 11.8. The van der Waals surface area contributed by atoms with E-state index in [-0.39, 0.29) is 12.1 Å². The van der Waals surface area contributed by atoms with Gasteiger partial charge in [-0.1, -0.05) is 53.5 Å². The zero-order valence-corrected chi connectivity index (χ0v) is 22.3. The fraction of sp³-hybridized carbons (Fsp3) is 0.179. The Bertz CT molecular complexity index is 1490. The predicted molar refractivity (Wildman–Crippen MR) is 145 cm³/mol. The lowest BCUT2D eigenvalue weighted by molar-refractivity contribution is -0.137. The third kappa shape index (κ3) is 6.61. The smallest absolute Gasteiger partial charge is 0.327 e. The molecule has 0 radical (unpaired) electrons. The molecule has 0 aliphatic rings. The van der Waals surface area contributed by atoms with E-state index in [2.05, 4.69) is 10.4 Å². The van der Waals surface area contributed by atoms with Crippen molar-refractivity contribution in [2.75, 3.05) is 11.9 Å². The largest absolute Gasteiger partial charge is 0.416 e. The van der Waals surface area contributed by atoms with Crippen molar-refractivity contribution in [3.05, 3.63) is 100 Å². The number of anilines is 1. The summed E-state index contributed by atoms with van der Waals surface area (Å²) in [4.78, 5) is 27.5. The van der Waals surface area contributed by atoms with Gasteiger partial charge in [0.25, 0.3) is 5.91 Å². The van der Waals surface area contributed by atoms with Crippen LogP contribution >= 0.6 is 23.2 Å². The Morgan fingerprint density at radius 3 is 2.21 bits per heavy atom. The Morgan fingerprint density at radius 2 is 1.62 bits per heavy atom. The molecule has 0 unspecified atom stereocenters. The number of alkyl halides is 3. The minimum atomic E-state index is -4.52. The van der Waals surface area contributed by atoms with Crippen LogP contribution in [-0.4, -0.2) is 39.1 Å². The second kappa shape index (κ2) is 11.5. The number of aromatic nitrogens is 2. The van der Waals surface area contributed by atoms with Gasteiger partial charge < -0.3 is 10.2 Å². The van der Waals surface area contributed by atoms with Crippen LogP contribution in [0.25, 0.3) is 16.9 Å². The highest BCUT2D eigenvalue weighted by Gasteiger charge is 2.31. The molecule has 1 N–H and O–H groups in total. The molecule has 0 saturated heterocycles. The Hall–Kier alpha value is -3.82. The van der Waals surface area contributed by atoms with Gasteiger partial charge in [0, 0.05) is 23.2 Å². The average molecular weight is 575 g/mol. The number of hydrogen-bond donors (Lipinski definition) is 1. The van der Waals surface area contributed by atoms with Gasteiger partial charge >= 0.3 is 6.18 Å². The van der Waals surface area contributed by atoms with E-state index in [4.69, 9.17) is 23.2 Å². The molecule has 0 aliphatic carbocycles. The molecule has 202 valence electrons. The third-order valence-corrected chi connectivity index (χ3v) is 6.59. The number of benzene rings is 3. The predicted octanol–water partition coefficient (Wildman–Crippen LogP) is 7.35. The van der Waals surface area contributed by atoms with Crippen molar-refractivity contribution >= 4 is 40.8 Å². The molecule has 0 saturated carbocycles. The molecule has 0 fully saturated rings. The molecule has 1 aromatic heterocycles. The van der Waals surface area contributed by atoms with Crippen LogP contribution in [-0.2, 0) is 11.0 Å². The van der Waals surface area contributed by atoms with E-state index < -0.39 is 29.6 Å². The van der Waals surface area contributed by atoms with Crippen LogP contribution in [0, 0.1) is 0 Å². The van der Waals surface area contributed by atoms with Crippen molar-refractivity contribution in [1.29, 1.82) is 0 Å². The Morgan fingerprint density at radius 1 is 0.949 bits per heavy atom. The van der Waals surface area contributed by atoms with Crippen molar-refractivity contribution in [3.8, 4) is 16.9 Å². The third-order valence-electron chi connectivity index (χ3n) is 5.85. The molecular weight excluding hydrogens is 552 g/mol. The molecule has 0 spiro atoms. The van der Waals surface area contributed by atoms with Crippen molar-refractivity contribution < 1.29 is 22.8 Å². The zero-order chi connectivity index (χ0) is 28.3. The SMILES string of the molecule is CC(C)N(CC(=O)Nc1cc(-c2ccccc2)nn1-c1ccc(Cl)c(Cl)c1)C(=O)c1ccc(C(F)(F)F)cc1. The standard InChI is InChI=1S/C28H23Cl2F3N4O2/c1-17(2)36(27(39)19-8-10-20(11-9-19)28(31,32)33)16-26(38)34-25-15-24(18-6-4-3-5-7-18)35-37(25)21-12-13-22(29)23(30)14-21/h3-15,17H,16H2,1-2H3,(H,34,38). The van der Waals surface area contributed by atoms with Crippen molar-refractivity contribution in [3.63, 3.8) is 0 Å². The summed E-state index contributed by atoms with van der Waals surface area (Å²) in [7, 11) is 0. The second-order valence-electron chi connectivity index (χ2n) is 8.94. The number of carbonyl (C=O) groups excluding carboxylic acids is 2. The minimum absolute atomic E-state index is 0.0386. The maximum atomic E-state index is 13.2. The number of nitrogens with one attached hydrogen (secondary N) is 1. The van der Waals surface area contributed by atoms with E-state index in [0.717, 1.165) is 29.8 Å². The summed E-state index contributed by atoms with van der Waals surface area (Å²) in [5.41, 5.74) is 1.12. The number of hydrogen-bond acceptors (Lipinski definition) is 3. The molecule has 0 aliphatic heterocycles. The van der Waals surface area contributed by atoms with E-state index in [1.165, 1.54) is 9.58 Å². The maximum absolute atomic E-state index is 13.2.